The molecular formula is C26H35BN6O7S2. The highest BCUT2D eigenvalue weighted by atomic mass is 32.2. The Morgan fingerprint density at radius 3 is 2.57 bits per heavy atom. The summed E-state index contributed by atoms with van der Waals surface area (Å²) in [6, 6.07) is -0.981. The molecule has 226 valence electrons. The third-order valence-corrected chi connectivity index (χ3v) is 10.3. The van der Waals surface area contributed by atoms with E-state index in [2.05, 4.69) is 14.8 Å². The van der Waals surface area contributed by atoms with Gasteiger partial charge in [-0.1, -0.05) is 36.7 Å². The van der Waals surface area contributed by atoms with Gasteiger partial charge in [0.15, 0.2) is 22.9 Å². The number of hydrazine groups is 1. The molecule has 13 nitrogen and oxygen atoms in total. The van der Waals surface area contributed by atoms with Gasteiger partial charge < -0.3 is 14.4 Å². The molecule has 3 aliphatic rings. The lowest BCUT2D eigenvalue weighted by atomic mass is 9.90. The van der Waals surface area contributed by atoms with Crippen molar-refractivity contribution in [1.82, 2.24) is 19.8 Å². The summed E-state index contributed by atoms with van der Waals surface area (Å²) in [5.41, 5.74) is -1.09. The number of nitrogens with two attached hydrogens (primary N) is 1. The summed E-state index contributed by atoms with van der Waals surface area (Å²) in [6.45, 7) is 8.72. The summed E-state index contributed by atoms with van der Waals surface area (Å²) >= 11 is 2.35. The van der Waals surface area contributed by atoms with Crippen molar-refractivity contribution in [1.29, 1.82) is 0 Å². The zero-order valence-electron chi connectivity index (χ0n) is 24.3. The van der Waals surface area contributed by atoms with Crippen LogP contribution in [0.15, 0.2) is 10.5 Å². The van der Waals surface area contributed by atoms with Crippen LogP contribution in [0.5, 0.6) is 0 Å². The number of urea groups is 1. The van der Waals surface area contributed by atoms with Crippen LogP contribution >= 0.6 is 23.1 Å². The van der Waals surface area contributed by atoms with Crippen LogP contribution in [0.2, 0.25) is 0 Å². The summed E-state index contributed by atoms with van der Waals surface area (Å²) < 4.78 is 4.57. The second-order valence-electron chi connectivity index (χ2n) is 11.2. The number of aromatic nitrogens is 1. The predicted octanol–water partition coefficient (Wildman–Crippen LogP) is 1.91. The fraction of sp³-hybridized carbons (Fsp3) is 0.654. The highest BCUT2D eigenvalue weighted by Gasteiger charge is 2.66. The largest absolute Gasteiger partial charge is 0.541 e. The molecule has 4 rings (SSSR count). The molecule has 0 bridgehead atoms. The normalized spacial score (nSPS) is 25.9. The molecule has 0 aromatic carbocycles. The molecule has 1 aromatic rings. The van der Waals surface area contributed by atoms with Gasteiger partial charge in [0.05, 0.1) is 28.9 Å². The zero-order valence-corrected chi connectivity index (χ0v) is 26.0. The summed E-state index contributed by atoms with van der Waals surface area (Å²) in [6.07, 6.45) is 2.69. The van der Waals surface area contributed by atoms with Gasteiger partial charge in [0.25, 0.3) is 0 Å². The number of carbonyl (C=O) groups excluding carboxylic acids is 5. The van der Waals surface area contributed by atoms with Crippen LogP contribution in [0, 0.1) is 12.8 Å². The van der Waals surface area contributed by atoms with Crippen molar-refractivity contribution < 1.29 is 33.5 Å². The molecule has 3 amide bonds. The molecule has 16 heteroatoms. The fourth-order valence-electron chi connectivity index (χ4n) is 5.15. The van der Waals surface area contributed by atoms with E-state index in [4.69, 9.17) is 18.7 Å². The van der Waals surface area contributed by atoms with E-state index >= 15 is 0 Å². The number of nitrogens with zero attached hydrogens (tertiary/aromatic N) is 5. The third kappa shape index (κ3) is 5.80. The molecule has 3 saturated heterocycles. The number of Topliss-reactive ketones (excluding diaryl/α,β-unsaturated/α-hetero) is 2. The Balaban J connectivity index is 1.54. The second-order valence-corrected chi connectivity index (χ2v) is 13.7. The number of ketones is 2. The molecule has 2 N–H and O–H groups in total. The van der Waals surface area contributed by atoms with E-state index in [9.17, 15) is 24.0 Å². The number of rotatable bonds is 13. The van der Waals surface area contributed by atoms with Crippen molar-refractivity contribution in [3.63, 3.8) is 0 Å². The lowest BCUT2D eigenvalue weighted by Gasteiger charge is -2.40. The molecule has 0 spiro atoms. The van der Waals surface area contributed by atoms with E-state index < -0.39 is 39.5 Å². The van der Waals surface area contributed by atoms with Crippen molar-refractivity contribution in [3.05, 3.63) is 16.1 Å². The number of thioether (sulfide) groups is 1. The van der Waals surface area contributed by atoms with Crippen LogP contribution in [0.1, 0.15) is 70.5 Å². The second kappa shape index (κ2) is 12.3. The quantitative estimate of drug-likeness (QED) is 0.0657. The van der Waals surface area contributed by atoms with Crippen molar-refractivity contribution in [2.45, 2.75) is 88.6 Å². The first kappa shape index (κ1) is 31.9. The molecule has 0 unspecified atom stereocenters. The Morgan fingerprint density at radius 2 is 2.00 bits per heavy atom. The maximum atomic E-state index is 13.6. The number of hydrogen-bond donors (Lipinski definition) is 1. The smallest absolute Gasteiger partial charge is 0.378 e. The number of oxime groups is 1. The lowest BCUT2D eigenvalue weighted by molar-refractivity contribution is -0.153. The summed E-state index contributed by atoms with van der Waals surface area (Å²) in [5, 5.41) is 6.87. The summed E-state index contributed by atoms with van der Waals surface area (Å²) in [4.78, 5) is 76.5. The molecular weight excluding hydrogens is 583 g/mol. The lowest BCUT2D eigenvalue weighted by Crippen LogP contribution is -2.60. The van der Waals surface area contributed by atoms with E-state index in [1.165, 1.54) is 21.1 Å². The SMILES string of the molecule is [B]OC(=O)[C@@]1(N2C[C@H](C)N(N)C2=O)CN2C(=O)[C@@H](CC(=O)/C(=N\OC(C)(C)C(=O)CCCCC)c3csc(C)n3)[C@H]2S1. The number of thiazole rings is 1. The minimum atomic E-state index is -1.61. The Bertz CT molecular complexity index is 1310. The van der Waals surface area contributed by atoms with Crippen molar-refractivity contribution in [3.8, 4) is 0 Å². The number of aryl methyl sites for hydroxylation is 1. The Labute approximate surface area is 253 Å². The number of amides is 3. The van der Waals surface area contributed by atoms with Gasteiger partial charge in [-0.2, -0.15) is 0 Å². The van der Waals surface area contributed by atoms with Gasteiger partial charge in [-0.05, 0) is 34.1 Å². The van der Waals surface area contributed by atoms with Crippen molar-refractivity contribution in [2.24, 2.45) is 16.9 Å². The maximum Gasteiger partial charge on any atom is 0.378 e. The predicted molar refractivity (Wildman–Crippen MR) is 156 cm³/mol. The van der Waals surface area contributed by atoms with Gasteiger partial charge in [0.2, 0.25) is 10.8 Å². The molecule has 4 heterocycles. The van der Waals surface area contributed by atoms with Gasteiger partial charge in [-0.15, -0.1) is 11.3 Å². The van der Waals surface area contributed by atoms with Gasteiger partial charge in [0.1, 0.15) is 5.69 Å². The van der Waals surface area contributed by atoms with Gasteiger partial charge in [-0.25, -0.2) is 15.6 Å². The zero-order chi connectivity index (χ0) is 31.0. The molecule has 2 radical (unpaired) electrons. The number of hydrogen-bond acceptors (Lipinski definition) is 12. The first-order valence-corrected chi connectivity index (χ1v) is 15.5. The number of carbonyl (C=O) groups is 5. The molecule has 3 aliphatic heterocycles. The highest BCUT2D eigenvalue weighted by molar-refractivity contribution is 8.02. The minimum absolute atomic E-state index is 0.0991. The Hall–Kier alpha value is -2.98. The van der Waals surface area contributed by atoms with E-state index in [1.807, 2.05) is 6.92 Å². The summed E-state index contributed by atoms with van der Waals surface area (Å²) in [7, 11) is 5.25. The molecule has 1 aromatic heterocycles. The fourth-order valence-corrected chi connectivity index (χ4v) is 7.46. The first-order valence-electron chi connectivity index (χ1n) is 13.8. The molecule has 4 atom stereocenters. The minimum Gasteiger partial charge on any atom is -0.541 e. The van der Waals surface area contributed by atoms with Crippen LogP contribution in [0.3, 0.4) is 0 Å². The highest BCUT2D eigenvalue weighted by Crippen LogP contribution is 2.53. The topological polar surface area (TPSA) is 165 Å². The maximum absolute atomic E-state index is 13.6. The van der Waals surface area contributed by atoms with Gasteiger partial charge in [-0.3, -0.25) is 29.1 Å². The number of unbranched alkanes of at least 4 members (excludes halogenated alkanes) is 2. The Morgan fingerprint density at radius 1 is 1.29 bits per heavy atom. The van der Waals surface area contributed by atoms with Gasteiger partial charge in [0, 0.05) is 24.8 Å². The van der Waals surface area contributed by atoms with E-state index in [-0.39, 0.29) is 48.6 Å². The molecule has 0 aliphatic carbocycles. The number of fused-ring (bicyclic) bond motifs is 1. The average Bonchev–Trinajstić information content (AvgIpc) is 3.62. The first-order chi connectivity index (χ1) is 19.8. The standard InChI is InChI=1S/C26H35BN6O7S2/c1-6-7-8-9-19(35)25(4,5)40-30-20(17-12-41-15(3)29-17)18(34)10-16-21(36)31-13-26(23(37)39-27,42-22(16)31)32-11-14(2)33(28)24(32)38/h12,14,16,22H,6-11,13,28H2,1-5H3/b30-20-/t14-,16+,22+,26+/m0/s1. The molecule has 0 saturated carbocycles. The van der Waals surface area contributed by atoms with Crippen LogP contribution in [0.25, 0.3) is 0 Å². The average molecular weight is 619 g/mol. The number of β-lactam (4-membered cyclic amide) rings is 1. The molecule has 3 fully saturated rings. The van der Waals surface area contributed by atoms with E-state index in [1.54, 1.807) is 33.1 Å². The van der Waals surface area contributed by atoms with Crippen LogP contribution in [0.4, 0.5) is 4.79 Å². The monoisotopic (exact) mass is 618 g/mol. The summed E-state index contributed by atoms with van der Waals surface area (Å²) in [5.74, 6) is 3.14. The van der Waals surface area contributed by atoms with Crippen LogP contribution in [-0.4, -0.2) is 98.0 Å². The Kier molecular flexibility index (Phi) is 9.38. The van der Waals surface area contributed by atoms with Crippen LogP contribution < -0.4 is 5.84 Å². The van der Waals surface area contributed by atoms with Crippen LogP contribution in [-0.2, 0) is 28.7 Å². The third-order valence-electron chi connectivity index (χ3n) is 7.76. The van der Waals surface area contributed by atoms with Gasteiger partial charge >= 0.3 is 20.0 Å². The van der Waals surface area contributed by atoms with Crippen molar-refractivity contribution >= 4 is 66.3 Å². The van der Waals surface area contributed by atoms with Crippen molar-refractivity contribution in [2.75, 3.05) is 13.1 Å². The molecule has 42 heavy (non-hydrogen) atoms. The van der Waals surface area contributed by atoms with E-state index in [0.717, 1.165) is 36.0 Å². The van der Waals surface area contributed by atoms with E-state index in [0.29, 0.717) is 11.4 Å².